The molecule has 0 aliphatic heterocycles. The van der Waals surface area contributed by atoms with Crippen molar-refractivity contribution in [2.75, 3.05) is 0 Å². The van der Waals surface area contributed by atoms with Crippen molar-refractivity contribution in [2.24, 2.45) is 5.73 Å². The van der Waals surface area contributed by atoms with Crippen molar-refractivity contribution in [3.8, 4) is 0 Å². The molecule has 5 heteroatoms. The molecule has 0 bridgehead atoms. The fourth-order valence-electron chi connectivity index (χ4n) is 2.67. The Balaban J connectivity index is 2.12. The number of benzene rings is 1. The van der Waals surface area contributed by atoms with Crippen molar-refractivity contribution < 1.29 is 8.78 Å². The van der Waals surface area contributed by atoms with E-state index in [4.69, 9.17) is 5.73 Å². The summed E-state index contributed by atoms with van der Waals surface area (Å²) in [6, 6.07) is 2.42. The first kappa shape index (κ1) is 13.5. The van der Waals surface area contributed by atoms with Crippen molar-refractivity contribution in [1.82, 2.24) is 9.55 Å². The number of hydrogen-bond acceptors (Lipinski definition) is 2. The molecule has 1 atom stereocenters. The molecule has 20 heavy (non-hydrogen) atoms. The third kappa shape index (κ3) is 2.20. The van der Waals surface area contributed by atoms with Crippen LogP contribution in [0.4, 0.5) is 8.78 Å². The standard InChI is InChI=1S/C15H19F2N3/c1-2-10(18)8-20-14-7-12(17)11(16)6-13(14)19-15(20)9-4-3-5-9/h6-7,9-10H,2-5,8,18H2,1H3. The second kappa shape index (κ2) is 5.13. The highest BCUT2D eigenvalue weighted by atomic mass is 19.2. The highest BCUT2D eigenvalue weighted by Crippen LogP contribution is 2.37. The van der Waals surface area contributed by atoms with E-state index in [1.54, 1.807) is 0 Å². The van der Waals surface area contributed by atoms with Gasteiger partial charge in [-0.1, -0.05) is 13.3 Å². The fraction of sp³-hybridized carbons (Fsp3) is 0.533. The molecule has 0 radical (unpaired) electrons. The molecule has 1 heterocycles. The molecule has 1 aromatic carbocycles. The van der Waals surface area contributed by atoms with Crippen molar-refractivity contribution in [3.05, 3.63) is 29.6 Å². The Kier molecular flexibility index (Phi) is 3.46. The van der Waals surface area contributed by atoms with Gasteiger partial charge in [-0.2, -0.15) is 0 Å². The van der Waals surface area contributed by atoms with Gasteiger partial charge in [0, 0.05) is 30.6 Å². The van der Waals surface area contributed by atoms with E-state index in [1.165, 1.54) is 18.6 Å². The summed E-state index contributed by atoms with van der Waals surface area (Å²) >= 11 is 0. The zero-order valence-corrected chi connectivity index (χ0v) is 11.6. The minimum absolute atomic E-state index is 0.000610. The lowest BCUT2D eigenvalue weighted by Crippen LogP contribution is -2.27. The molecule has 0 saturated heterocycles. The van der Waals surface area contributed by atoms with E-state index >= 15 is 0 Å². The molecule has 1 fully saturated rings. The van der Waals surface area contributed by atoms with E-state index in [1.807, 2.05) is 11.5 Å². The summed E-state index contributed by atoms with van der Waals surface area (Å²) in [7, 11) is 0. The average molecular weight is 279 g/mol. The number of nitrogens with zero attached hydrogens (tertiary/aromatic N) is 2. The van der Waals surface area contributed by atoms with Crippen LogP contribution in [0, 0.1) is 11.6 Å². The topological polar surface area (TPSA) is 43.8 Å². The average Bonchev–Trinajstić information content (AvgIpc) is 2.66. The van der Waals surface area contributed by atoms with Crippen LogP contribution < -0.4 is 5.73 Å². The van der Waals surface area contributed by atoms with Crippen LogP contribution in [0.5, 0.6) is 0 Å². The highest BCUT2D eigenvalue weighted by Gasteiger charge is 2.26. The molecule has 108 valence electrons. The van der Waals surface area contributed by atoms with Gasteiger partial charge in [0.1, 0.15) is 5.82 Å². The lowest BCUT2D eigenvalue weighted by Gasteiger charge is -2.26. The highest BCUT2D eigenvalue weighted by molar-refractivity contribution is 5.76. The van der Waals surface area contributed by atoms with Gasteiger partial charge in [-0.25, -0.2) is 13.8 Å². The summed E-state index contributed by atoms with van der Waals surface area (Å²) < 4.78 is 28.9. The van der Waals surface area contributed by atoms with Crippen LogP contribution in [-0.2, 0) is 6.54 Å². The summed E-state index contributed by atoms with van der Waals surface area (Å²) in [6.07, 6.45) is 4.22. The molecule has 3 nitrogen and oxygen atoms in total. The molecule has 1 aliphatic carbocycles. The lowest BCUT2D eigenvalue weighted by atomic mass is 9.85. The maximum atomic E-state index is 13.5. The molecule has 1 aliphatic rings. The van der Waals surface area contributed by atoms with Gasteiger partial charge >= 0.3 is 0 Å². The van der Waals surface area contributed by atoms with Gasteiger partial charge < -0.3 is 10.3 Å². The van der Waals surface area contributed by atoms with Crippen molar-refractivity contribution >= 4 is 11.0 Å². The normalized spacial score (nSPS) is 17.4. The summed E-state index contributed by atoms with van der Waals surface area (Å²) in [5.74, 6) is -0.344. The Bertz CT molecular complexity index is 632. The molecule has 2 aromatic rings. The Morgan fingerprint density at radius 2 is 2.05 bits per heavy atom. The lowest BCUT2D eigenvalue weighted by molar-refractivity contribution is 0.382. The first-order valence-corrected chi connectivity index (χ1v) is 7.21. The van der Waals surface area contributed by atoms with E-state index in [0.717, 1.165) is 25.1 Å². The van der Waals surface area contributed by atoms with Crippen molar-refractivity contribution in [2.45, 2.75) is 51.1 Å². The van der Waals surface area contributed by atoms with Gasteiger partial charge in [0.25, 0.3) is 0 Å². The number of rotatable bonds is 4. The number of aromatic nitrogens is 2. The van der Waals surface area contributed by atoms with Crippen LogP contribution >= 0.6 is 0 Å². The maximum absolute atomic E-state index is 13.5. The predicted molar refractivity (Wildman–Crippen MR) is 74.5 cm³/mol. The Hall–Kier alpha value is -1.49. The van der Waals surface area contributed by atoms with E-state index in [-0.39, 0.29) is 6.04 Å². The van der Waals surface area contributed by atoms with Crippen LogP contribution in [0.1, 0.15) is 44.3 Å². The number of imidazole rings is 1. The monoisotopic (exact) mass is 279 g/mol. The summed E-state index contributed by atoms with van der Waals surface area (Å²) in [5, 5.41) is 0. The van der Waals surface area contributed by atoms with Gasteiger partial charge in [0.05, 0.1) is 11.0 Å². The number of fused-ring (bicyclic) bond motifs is 1. The number of halogens is 2. The quantitative estimate of drug-likeness (QED) is 0.933. The molecule has 0 amide bonds. The number of nitrogens with two attached hydrogens (primary N) is 1. The Labute approximate surface area is 116 Å². The number of hydrogen-bond donors (Lipinski definition) is 1. The summed E-state index contributed by atoms with van der Waals surface area (Å²) in [5.41, 5.74) is 7.21. The summed E-state index contributed by atoms with van der Waals surface area (Å²) in [4.78, 5) is 4.52. The molecule has 1 aromatic heterocycles. The summed E-state index contributed by atoms with van der Waals surface area (Å²) in [6.45, 7) is 2.62. The Morgan fingerprint density at radius 3 is 2.65 bits per heavy atom. The van der Waals surface area contributed by atoms with Crippen molar-refractivity contribution in [3.63, 3.8) is 0 Å². The van der Waals surface area contributed by atoms with E-state index in [9.17, 15) is 8.78 Å². The zero-order valence-electron chi connectivity index (χ0n) is 11.6. The van der Waals surface area contributed by atoms with E-state index in [2.05, 4.69) is 4.98 Å². The molecular weight excluding hydrogens is 260 g/mol. The minimum atomic E-state index is -0.845. The maximum Gasteiger partial charge on any atom is 0.161 e. The van der Waals surface area contributed by atoms with Crippen LogP contribution in [0.15, 0.2) is 12.1 Å². The molecule has 3 rings (SSSR count). The first-order chi connectivity index (χ1) is 9.60. The van der Waals surface area contributed by atoms with Crippen molar-refractivity contribution in [1.29, 1.82) is 0 Å². The molecule has 1 saturated carbocycles. The second-order valence-corrected chi connectivity index (χ2v) is 5.63. The van der Waals surface area contributed by atoms with Gasteiger partial charge in [0.2, 0.25) is 0 Å². The van der Waals surface area contributed by atoms with Crippen LogP contribution in [0.25, 0.3) is 11.0 Å². The molecule has 0 spiro atoms. The molecule has 2 N–H and O–H groups in total. The minimum Gasteiger partial charge on any atom is -0.326 e. The van der Waals surface area contributed by atoms with Gasteiger partial charge in [0.15, 0.2) is 11.6 Å². The fourth-order valence-corrected chi connectivity index (χ4v) is 2.67. The third-order valence-corrected chi connectivity index (χ3v) is 4.23. The van der Waals surface area contributed by atoms with Crippen LogP contribution in [0.3, 0.4) is 0 Å². The second-order valence-electron chi connectivity index (χ2n) is 5.63. The van der Waals surface area contributed by atoms with Crippen LogP contribution in [0.2, 0.25) is 0 Å². The molecule has 1 unspecified atom stereocenters. The van der Waals surface area contributed by atoms with Gasteiger partial charge in [-0.3, -0.25) is 0 Å². The SMILES string of the molecule is CCC(N)Cn1c(C2CCC2)nc2cc(F)c(F)cc21. The molecular formula is C15H19F2N3. The van der Waals surface area contributed by atoms with E-state index < -0.39 is 11.6 Å². The van der Waals surface area contributed by atoms with Gasteiger partial charge in [-0.15, -0.1) is 0 Å². The third-order valence-electron chi connectivity index (χ3n) is 4.23. The zero-order chi connectivity index (χ0) is 14.3. The predicted octanol–water partition coefficient (Wildman–Crippen LogP) is 3.32. The smallest absolute Gasteiger partial charge is 0.161 e. The van der Waals surface area contributed by atoms with E-state index in [0.29, 0.717) is 23.5 Å². The first-order valence-electron chi connectivity index (χ1n) is 7.21. The Morgan fingerprint density at radius 1 is 1.35 bits per heavy atom. The largest absolute Gasteiger partial charge is 0.326 e. The van der Waals surface area contributed by atoms with Gasteiger partial charge in [-0.05, 0) is 19.3 Å². The van der Waals surface area contributed by atoms with Crippen LogP contribution in [-0.4, -0.2) is 15.6 Å².